The minimum Gasteiger partial charge on any atom is -0.481 e. The number of ketones is 1. The quantitative estimate of drug-likeness (QED) is 0.411. The second-order valence-electron chi connectivity index (χ2n) is 13.5. The van der Waals surface area contributed by atoms with Gasteiger partial charge in [0, 0.05) is 11.8 Å². The lowest BCUT2D eigenvalue weighted by molar-refractivity contribution is -0.155. The third-order valence-corrected chi connectivity index (χ3v) is 11.2. The summed E-state index contributed by atoms with van der Waals surface area (Å²) in [6.07, 6.45) is 8.57. The second-order valence-corrected chi connectivity index (χ2v) is 13.5. The number of aliphatic hydroxyl groups excluding tert-OH is 1. The van der Waals surface area contributed by atoms with Gasteiger partial charge in [0.05, 0.1) is 6.10 Å². The third kappa shape index (κ3) is 3.49. The van der Waals surface area contributed by atoms with Crippen molar-refractivity contribution in [3.63, 3.8) is 0 Å². The summed E-state index contributed by atoms with van der Waals surface area (Å²) in [7, 11) is 0. The molecule has 2 N–H and O–H groups in total. The summed E-state index contributed by atoms with van der Waals surface area (Å²) in [5.74, 6) is 0.221. The highest BCUT2D eigenvalue weighted by molar-refractivity contribution is 5.87. The Kier molecular flexibility index (Phi) is 6.36. The number of carboxylic acid groups (broad SMARTS) is 1. The monoisotopic (exact) mass is 482 g/mol. The Balaban J connectivity index is 1.77. The summed E-state index contributed by atoms with van der Waals surface area (Å²) < 4.78 is 0. The van der Waals surface area contributed by atoms with Crippen molar-refractivity contribution in [2.24, 2.45) is 45.3 Å². The van der Waals surface area contributed by atoms with Gasteiger partial charge in [-0.2, -0.15) is 0 Å². The van der Waals surface area contributed by atoms with Crippen LogP contribution < -0.4 is 0 Å². The molecule has 2 saturated carbocycles. The van der Waals surface area contributed by atoms with Crippen LogP contribution in [0, 0.1) is 45.3 Å². The molecule has 0 aromatic rings. The molecule has 0 aromatic carbocycles. The molecule has 4 nitrogen and oxygen atoms in total. The van der Waals surface area contributed by atoms with Gasteiger partial charge in [0.1, 0.15) is 11.2 Å². The van der Waals surface area contributed by atoms with Crippen molar-refractivity contribution in [3.8, 4) is 0 Å². The van der Waals surface area contributed by atoms with E-state index < -0.39 is 28.3 Å². The summed E-state index contributed by atoms with van der Waals surface area (Å²) >= 11 is 0. The summed E-state index contributed by atoms with van der Waals surface area (Å²) in [6, 6.07) is 0. The predicted octanol–water partition coefficient (Wildman–Crippen LogP) is 6.74. The van der Waals surface area contributed by atoms with E-state index in [1.807, 2.05) is 0 Å². The van der Waals surface area contributed by atoms with E-state index in [0.717, 1.165) is 36.8 Å². The average Bonchev–Trinajstić information content (AvgIpc) is 3.02. The first-order valence-corrected chi connectivity index (χ1v) is 13.7. The summed E-state index contributed by atoms with van der Waals surface area (Å²) in [5.41, 5.74) is 1.01. The number of hydrogen-bond acceptors (Lipinski definition) is 3. The molecule has 0 bridgehead atoms. The molecule has 4 heteroatoms. The van der Waals surface area contributed by atoms with Crippen molar-refractivity contribution >= 4 is 11.8 Å². The SMILES string of the molecule is C=C(CC[C@@H](C)[C@H]1[C@H](O)C[C@@]2(C(=O)O)C3=CC[C@H]4C(C)(C)C(=O)CC[C@]4(C)C3=CC[C@]12C)C(C)C. The minimum atomic E-state index is -1.09. The molecule has 4 aliphatic carbocycles. The van der Waals surface area contributed by atoms with Crippen LogP contribution in [0.25, 0.3) is 0 Å². The molecular formula is C31H46O4. The van der Waals surface area contributed by atoms with Crippen molar-refractivity contribution < 1.29 is 19.8 Å². The van der Waals surface area contributed by atoms with Gasteiger partial charge >= 0.3 is 5.97 Å². The molecule has 0 unspecified atom stereocenters. The van der Waals surface area contributed by atoms with Crippen LogP contribution in [0.5, 0.6) is 0 Å². The number of aliphatic carboxylic acids is 1. The molecule has 0 aromatic heterocycles. The van der Waals surface area contributed by atoms with E-state index in [9.17, 15) is 19.8 Å². The van der Waals surface area contributed by atoms with Gasteiger partial charge in [-0.3, -0.25) is 9.59 Å². The number of carboxylic acids is 1. The van der Waals surface area contributed by atoms with E-state index in [1.54, 1.807) is 0 Å². The van der Waals surface area contributed by atoms with E-state index in [2.05, 4.69) is 67.2 Å². The van der Waals surface area contributed by atoms with E-state index in [4.69, 9.17) is 0 Å². The Bertz CT molecular complexity index is 999. The molecule has 2 fully saturated rings. The van der Waals surface area contributed by atoms with Gasteiger partial charge < -0.3 is 10.2 Å². The molecule has 0 radical (unpaired) electrons. The maximum Gasteiger partial charge on any atom is 0.314 e. The lowest BCUT2D eigenvalue weighted by Crippen LogP contribution is -2.55. The normalized spacial score (nSPS) is 40.8. The third-order valence-electron chi connectivity index (χ3n) is 11.2. The van der Waals surface area contributed by atoms with Crippen LogP contribution in [0.4, 0.5) is 0 Å². The van der Waals surface area contributed by atoms with E-state index in [1.165, 1.54) is 5.57 Å². The number of rotatable bonds is 6. The van der Waals surface area contributed by atoms with Gasteiger partial charge in [-0.25, -0.2) is 0 Å². The highest BCUT2D eigenvalue weighted by atomic mass is 16.4. The number of carbonyl (C=O) groups is 2. The maximum absolute atomic E-state index is 13.3. The Morgan fingerprint density at radius 3 is 2.40 bits per heavy atom. The van der Waals surface area contributed by atoms with Gasteiger partial charge in [-0.1, -0.05) is 72.8 Å². The maximum atomic E-state index is 13.3. The highest BCUT2D eigenvalue weighted by Gasteiger charge is 2.70. The number of aliphatic hydroxyl groups is 1. The zero-order valence-electron chi connectivity index (χ0n) is 22.9. The average molecular weight is 483 g/mol. The van der Waals surface area contributed by atoms with Crippen LogP contribution in [-0.2, 0) is 9.59 Å². The first-order valence-electron chi connectivity index (χ1n) is 13.7. The van der Waals surface area contributed by atoms with E-state index in [0.29, 0.717) is 24.5 Å². The fourth-order valence-electron chi connectivity index (χ4n) is 8.90. The minimum absolute atomic E-state index is 0.0906. The fourth-order valence-corrected chi connectivity index (χ4v) is 8.90. The van der Waals surface area contributed by atoms with Crippen molar-refractivity contribution in [1.29, 1.82) is 0 Å². The largest absolute Gasteiger partial charge is 0.481 e. The Morgan fingerprint density at radius 1 is 1.14 bits per heavy atom. The summed E-state index contributed by atoms with van der Waals surface area (Å²) in [4.78, 5) is 26.1. The molecule has 7 atom stereocenters. The Hall–Kier alpha value is -1.68. The molecule has 0 saturated heterocycles. The van der Waals surface area contributed by atoms with Crippen molar-refractivity contribution in [3.05, 3.63) is 35.5 Å². The van der Waals surface area contributed by atoms with Crippen LogP contribution in [0.15, 0.2) is 35.5 Å². The van der Waals surface area contributed by atoms with Crippen LogP contribution >= 0.6 is 0 Å². The molecule has 4 rings (SSSR count). The Morgan fingerprint density at radius 2 is 1.80 bits per heavy atom. The number of Topliss-reactive ketones (excluding diaryl/α,β-unsaturated/α-hetero) is 1. The number of hydrogen-bond donors (Lipinski definition) is 2. The lowest BCUT2D eigenvalue weighted by atomic mass is 9.44. The van der Waals surface area contributed by atoms with Gasteiger partial charge in [-0.15, -0.1) is 0 Å². The fraction of sp³-hybridized carbons (Fsp3) is 0.742. The second kappa shape index (κ2) is 8.43. The number of allylic oxidation sites excluding steroid dienone is 4. The molecule has 0 aliphatic heterocycles. The zero-order valence-corrected chi connectivity index (χ0v) is 22.9. The highest BCUT2D eigenvalue weighted by Crippen LogP contribution is 2.71. The molecule has 0 amide bonds. The van der Waals surface area contributed by atoms with Crippen molar-refractivity contribution in [1.82, 2.24) is 0 Å². The zero-order chi connectivity index (χ0) is 26.1. The van der Waals surface area contributed by atoms with Crippen LogP contribution in [0.3, 0.4) is 0 Å². The molecule has 35 heavy (non-hydrogen) atoms. The number of carbonyl (C=O) groups excluding carboxylic acids is 1. The summed E-state index contributed by atoms with van der Waals surface area (Å²) in [6.45, 7) is 19.2. The van der Waals surface area contributed by atoms with Gasteiger partial charge in [0.2, 0.25) is 0 Å². The topological polar surface area (TPSA) is 74.6 Å². The molecule has 4 aliphatic rings. The Labute approximate surface area is 212 Å². The first kappa shape index (κ1) is 26.4. The van der Waals surface area contributed by atoms with E-state index in [-0.39, 0.29) is 29.6 Å². The molecule has 0 heterocycles. The van der Waals surface area contributed by atoms with Gasteiger partial charge in [0.25, 0.3) is 0 Å². The van der Waals surface area contributed by atoms with Gasteiger partial charge in [0.15, 0.2) is 0 Å². The standard InChI is InChI=1S/C31H46O4/c1-18(2)19(3)9-10-20(4)26-23(32)17-31(27(34)35)22-11-12-24-28(5,6)25(33)14-15-29(24,7)21(22)13-16-30(26,31)8/h11,13,18,20,23-24,26,32H,3,9-10,12,14-17H2,1-2,4-8H3,(H,34,35)/t20-,23-,24+,26+,29-,30-,31+/m1/s1. The lowest BCUT2D eigenvalue weighted by Gasteiger charge is -2.58. The van der Waals surface area contributed by atoms with E-state index >= 15 is 0 Å². The molecule has 194 valence electrons. The number of fused-ring (bicyclic) bond motifs is 5. The van der Waals surface area contributed by atoms with Crippen LogP contribution in [-0.4, -0.2) is 28.1 Å². The predicted molar refractivity (Wildman–Crippen MR) is 140 cm³/mol. The van der Waals surface area contributed by atoms with Crippen molar-refractivity contribution in [2.75, 3.05) is 0 Å². The smallest absolute Gasteiger partial charge is 0.314 e. The summed E-state index contributed by atoms with van der Waals surface area (Å²) in [5, 5.41) is 22.4. The van der Waals surface area contributed by atoms with Crippen LogP contribution in [0.1, 0.15) is 93.4 Å². The first-order chi connectivity index (χ1) is 16.1. The van der Waals surface area contributed by atoms with Crippen LogP contribution in [0.2, 0.25) is 0 Å². The van der Waals surface area contributed by atoms with Gasteiger partial charge in [-0.05, 0) is 84.2 Å². The molecule has 0 spiro atoms. The molecular weight excluding hydrogens is 436 g/mol. The van der Waals surface area contributed by atoms with Crippen molar-refractivity contribution in [2.45, 2.75) is 99.5 Å².